The van der Waals surface area contributed by atoms with Gasteiger partial charge >= 0.3 is 0 Å². The molecule has 0 aliphatic carbocycles. The summed E-state index contributed by atoms with van der Waals surface area (Å²) in [5.41, 5.74) is 0.475. The first-order chi connectivity index (χ1) is 14.6. The molecule has 0 bridgehead atoms. The summed E-state index contributed by atoms with van der Waals surface area (Å²) in [6.45, 7) is 0. The number of hydrogen-bond donors (Lipinski definition) is 2. The van der Waals surface area contributed by atoms with E-state index in [2.05, 4.69) is 9.44 Å². The van der Waals surface area contributed by atoms with Gasteiger partial charge in [0.2, 0.25) is 0 Å². The molecule has 0 heterocycles. The lowest BCUT2D eigenvalue weighted by atomic mass is 10.3. The minimum Gasteiger partial charge on any atom is -0.497 e. The maximum Gasteiger partial charge on any atom is 0.262 e. The lowest BCUT2D eigenvalue weighted by Gasteiger charge is -2.11. The zero-order valence-corrected chi connectivity index (χ0v) is 18.1. The van der Waals surface area contributed by atoms with Crippen molar-refractivity contribution in [3.8, 4) is 11.5 Å². The summed E-state index contributed by atoms with van der Waals surface area (Å²) in [6, 6.07) is 14.6. The monoisotopic (exact) mass is 466 g/mol. The molecule has 0 fully saturated rings. The zero-order valence-electron chi connectivity index (χ0n) is 16.5. The van der Waals surface area contributed by atoms with Crippen molar-refractivity contribution in [3.05, 3.63) is 72.5 Å². The number of anilines is 2. The molecule has 3 aromatic rings. The number of benzene rings is 3. The average molecular weight is 467 g/mol. The number of hydrogen-bond acceptors (Lipinski definition) is 6. The molecule has 0 radical (unpaired) electrons. The predicted octanol–water partition coefficient (Wildman–Crippen LogP) is 3.44. The van der Waals surface area contributed by atoms with Crippen molar-refractivity contribution in [3.63, 3.8) is 0 Å². The number of halogens is 1. The quantitative estimate of drug-likeness (QED) is 0.526. The smallest absolute Gasteiger partial charge is 0.262 e. The molecule has 2 N–H and O–H groups in total. The third kappa shape index (κ3) is 5.25. The van der Waals surface area contributed by atoms with Crippen LogP contribution in [0, 0.1) is 5.82 Å². The van der Waals surface area contributed by atoms with E-state index in [-0.39, 0.29) is 21.2 Å². The van der Waals surface area contributed by atoms with E-state index in [9.17, 15) is 21.2 Å². The van der Waals surface area contributed by atoms with Gasteiger partial charge in [0.05, 0.1) is 24.0 Å². The van der Waals surface area contributed by atoms with Gasteiger partial charge in [0.25, 0.3) is 20.0 Å². The number of sulfonamides is 2. The normalized spacial score (nSPS) is 11.6. The van der Waals surface area contributed by atoms with Gasteiger partial charge in [-0.1, -0.05) is 0 Å². The fourth-order valence-electron chi connectivity index (χ4n) is 2.60. The van der Waals surface area contributed by atoms with Gasteiger partial charge in [0.15, 0.2) is 11.6 Å². The molecule has 0 aromatic heterocycles. The third-order valence-electron chi connectivity index (χ3n) is 4.19. The van der Waals surface area contributed by atoms with Crippen LogP contribution in [-0.2, 0) is 20.0 Å². The van der Waals surface area contributed by atoms with Crippen molar-refractivity contribution < 1.29 is 30.7 Å². The van der Waals surface area contributed by atoms with Crippen molar-refractivity contribution in [1.82, 2.24) is 0 Å². The summed E-state index contributed by atoms with van der Waals surface area (Å²) >= 11 is 0. The minimum atomic E-state index is -4.04. The van der Waals surface area contributed by atoms with Gasteiger partial charge in [0.1, 0.15) is 5.75 Å². The molecular formula is C20H19FN2O6S2. The van der Waals surface area contributed by atoms with Gasteiger partial charge in [0, 0.05) is 17.4 Å². The highest BCUT2D eigenvalue weighted by Gasteiger charge is 2.18. The van der Waals surface area contributed by atoms with Gasteiger partial charge in [-0.25, -0.2) is 21.2 Å². The van der Waals surface area contributed by atoms with Gasteiger partial charge in [-0.3, -0.25) is 9.44 Å². The molecular weight excluding hydrogens is 447 g/mol. The Hall–Kier alpha value is -3.31. The summed E-state index contributed by atoms with van der Waals surface area (Å²) in [6.07, 6.45) is 0. The SMILES string of the molecule is COc1ccc(NS(=O)(=O)c2ccc(NS(=O)(=O)c3ccc(F)c(OC)c3)cc2)cc1. The zero-order chi connectivity index (χ0) is 22.6. The topological polar surface area (TPSA) is 111 Å². The van der Waals surface area contributed by atoms with Crippen LogP contribution in [0.2, 0.25) is 0 Å². The molecule has 0 atom stereocenters. The van der Waals surface area contributed by atoms with Crippen LogP contribution in [0.5, 0.6) is 11.5 Å². The van der Waals surface area contributed by atoms with Crippen LogP contribution < -0.4 is 18.9 Å². The van der Waals surface area contributed by atoms with Crippen molar-refractivity contribution in [2.45, 2.75) is 9.79 Å². The van der Waals surface area contributed by atoms with E-state index in [1.165, 1.54) is 38.5 Å². The van der Waals surface area contributed by atoms with E-state index >= 15 is 0 Å². The third-order valence-corrected chi connectivity index (χ3v) is 6.97. The largest absolute Gasteiger partial charge is 0.497 e. The molecule has 0 spiro atoms. The molecule has 3 rings (SSSR count). The number of ether oxygens (including phenoxy) is 2. The van der Waals surface area contributed by atoms with Crippen LogP contribution in [-0.4, -0.2) is 31.1 Å². The maximum atomic E-state index is 13.5. The number of methoxy groups -OCH3 is 2. The lowest BCUT2D eigenvalue weighted by molar-refractivity contribution is 0.385. The van der Waals surface area contributed by atoms with Crippen molar-refractivity contribution in [1.29, 1.82) is 0 Å². The van der Waals surface area contributed by atoms with Crippen molar-refractivity contribution >= 4 is 31.4 Å². The summed E-state index contributed by atoms with van der Waals surface area (Å²) in [4.78, 5) is -0.265. The van der Waals surface area contributed by atoms with Gasteiger partial charge in [-0.05, 0) is 60.7 Å². The van der Waals surface area contributed by atoms with Crippen molar-refractivity contribution in [2.24, 2.45) is 0 Å². The van der Waals surface area contributed by atoms with Crippen LogP contribution in [0.3, 0.4) is 0 Å². The highest BCUT2D eigenvalue weighted by atomic mass is 32.2. The Bertz CT molecular complexity index is 1280. The average Bonchev–Trinajstić information content (AvgIpc) is 2.74. The summed E-state index contributed by atoms with van der Waals surface area (Å²) < 4.78 is 78.2. The highest BCUT2D eigenvalue weighted by molar-refractivity contribution is 7.93. The second-order valence-electron chi connectivity index (χ2n) is 6.26. The fourth-order valence-corrected chi connectivity index (χ4v) is 4.73. The fraction of sp³-hybridized carbons (Fsp3) is 0.100. The van der Waals surface area contributed by atoms with Crippen LogP contribution >= 0.6 is 0 Å². The first-order valence-electron chi connectivity index (χ1n) is 8.78. The van der Waals surface area contributed by atoms with Crippen LogP contribution in [0.4, 0.5) is 15.8 Å². The van der Waals surface area contributed by atoms with Gasteiger partial charge in [-0.2, -0.15) is 0 Å². The molecule has 0 aliphatic heterocycles. The Morgan fingerprint density at radius 3 is 1.68 bits per heavy atom. The minimum absolute atomic E-state index is 0.0604. The van der Waals surface area contributed by atoms with Crippen LogP contribution in [0.25, 0.3) is 0 Å². The molecule has 0 saturated carbocycles. The molecule has 3 aromatic carbocycles. The Labute approximate surface area is 179 Å². The highest BCUT2D eigenvalue weighted by Crippen LogP contribution is 2.25. The molecule has 164 valence electrons. The second kappa shape index (κ2) is 8.82. The summed E-state index contributed by atoms with van der Waals surface area (Å²) in [5, 5.41) is 0. The van der Waals surface area contributed by atoms with Gasteiger partial charge in [-0.15, -0.1) is 0 Å². The lowest BCUT2D eigenvalue weighted by Crippen LogP contribution is -2.15. The van der Waals surface area contributed by atoms with E-state index in [0.29, 0.717) is 11.4 Å². The van der Waals surface area contributed by atoms with Crippen LogP contribution in [0.15, 0.2) is 76.5 Å². The summed E-state index contributed by atoms with van der Waals surface area (Å²) in [7, 11) is -5.20. The molecule has 0 aliphatic rings. The number of nitrogens with one attached hydrogen (secondary N) is 2. The Kier molecular flexibility index (Phi) is 6.37. The first-order valence-corrected chi connectivity index (χ1v) is 11.7. The van der Waals surface area contributed by atoms with E-state index in [1.807, 2.05) is 0 Å². The Balaban J connectivity index is 1.77. The maximum absolute atomic E-state index is 13.5. The predicted molar refractivity (Wildman–Crippen MR) is 114 cm³/mol. The molecule has 0 unspecified atom stereocenters. The first kappa shape index (κ1) is 22.4. The molecule has 0 saturated heterocycles. The summed E-state index contributed by atoms with van der Waals surface area (Å²) in [5.74, 6) is -0.326. The van der Waals surface area contributed by atoms with Gasteiger partial charge < -0.3 is 9.47 Å². The number of rotatable bonds is 8. The van der Waals surface area contributed by atoms with E-state index in [1.54, 1.807) is 24.3 Å². The second-order valence-corrected chi connectivity index (χ2v) is 9.63. The molecule has 0 amide bonds. The van der Waals surface area contributed by atoms with E-state index in [4.69, 9.17) is 9.47 Å². The molecule has 11 heteroatoms. The standard InChI is InChI=1S/C20H19FN2O6S2/c1-28-16-7-3-14(4-8-16)22-30(24,25)17-9-5-15(6-10-17)23-31(26,27)18-11-12-19(21)20(13-18)29-2/h3-13,22-23H,1-2H3. The van der Waals surface area contributed by atoms with Crippen LogP contribution in [0.1, 0.15) is 0 Å². The Morgan fingerprint density at radius 1 is 0.677 bits per heavy atom. The molecule has 8 nitrogen and oxygen atoms in total. The van der Waals surface area contributed by atoms with Crippen molar-refractivity contribution in [2.75, 3.05) is 23.7 Å². The van der Waals surface area contributed by atoms with E-state index in [0.717, 1.165) is 18.2 Å². The molecule has 31 heavy (non-hydrogen) atoms. The Morgan fingerprint density at radius 2 is 1.16 bits per heavy atom. The van der Waals surface area contributed by atoms with E-state index < -0.39 is 25.9 Å².